The zero-order chi connectivity index (χ0) is 20.6. The monoisotopic (exact) mass is 413 g/mol. The number of para-hydroxylation sites is 1. The summed E-state index contributed by atoms with van der Waals surface area (Å²) in [6, 6.07) is 22.2. The third kappa shape index (κ3) is 5.43. The van der Waals surface area contributed by atoms with Crippen LogP contribution in [0, 0.1) is 0 Å². The van der Waals surface area contributed by atoms with Gasteiger partial charge in [-0.1, -0.05) is 48.5 Å². The number of hydrogen-bond acceptors (Lipinski definition) is 4. The first-order valence-electron chi connectivity index (χ1n) is 10.0. The first-order chi connectivity index (χ1) is 14.8. The van der Waals surface area contributed by atoms with Crippen LogP contribution in [0.25, 0.3) is 11.1 Å². The Morgan fingerprint density at radius 2 is 1.73 bits per heavy atom. The molecule has 0 fully saturated rings. The molecule has 0 saturated carbocycles. The zero-order valence-electron chi connectivity index (χ0n) is 16.7. The molecule has 0 spiro atoms. The number of nitrogens with zero attached hydrogens (tertiary/aromatic N) is 1. The summed E-state index contributed by atoms with van der Waals surface area (Å²) in [4.78, 5) is 16.4. The maximum atomic E-state index is 12.3. The third-order valence-electron chi connectivity index (χ3n) is 4.95. The molecule has 0 aliphatic carbocycles. The van der Waals surface area contributed by atoms with Crippen LogP contribution in [0.5, 0.6) is 5.75 Å². The van der Waals surface area contributed by atoms with Crippen molar-refractivity contribution in [2.24, 2.45) is 0 Å². The summed E-state index contributed by atoms with van der Waals surface area (Å²) in [5, 5.41) is 4.20. The molecule has 0 aliphatic rings. The number of carbonyl (C=O) groups excluding carboxylic acids is 1. The van der Waals surface area contributed by atoms with Crippen LogP contribution in [0.2, 0.25) is 0 Å². The van der Waals surface area contributed by atoms with E-state index < -0.39 is 0 Å². The molecule has 0 unspecified atom stereocenters. The van der Waals surface area contributed by atoms with Crippen LogP contribution >= 0.6 is 11.3 Å². The van der Waals surface area contributed by atoms with Crippen molar-refractivity contribution < 1.29 is 9.53 Å². The number of ether oxygens (including phenoxy) is 1. The molecule has 2 aromatic carbocycles. The predicted molar refractivity (Wildman–Crippen MR) is 122 cm³/mol. The number of thiophene rings is 1. The number of ketones is 1. The Bertz CT molecular complexity index is 1070. The lowest BCUT2D eigenvalue weighted by Crippen LogP contribution is -2.05. The minimum Gasteiger partial charge on any atom is -0.488 e. The normalized spacial score (nSPS) is 10.7. The summed E-state index contributed by atoms with van der Waals surface area (Å²) in [6.07, 6.45) is 5.30. The first kappa shape index (κ1) is 20.0. The quantitative estimate of drug-likeness (QED) is 0.331. The van der Waals surface area contributed by atoms with Gasteiger partial charge in [0.2, 0.25) is 0 Å². The molecule has 4 aromatic rings. The molecular weight excluding hydrogens is 390 g/mol. The van der Waals surface area contributed by atoms with Crippen molar-refractivity contribution in [1.29, 1.82) is 0 Å². The van der Waals surface area contributed by atoms with Gasteiger partial charge in [0.15, 0.2) is 0 Å². The van der Waals surface area contributed by atoms with Gasteiger partial charge in [-0.15, -0.1) is 0 Å². The van der Waals surface area contributed by atoms with Gasteiger partial charge in [-0.2, -0.15) is 11.3 Å². The van der Waals surface area contributed by atoms with E-state index in [0.717, 1.165) is 34.4 Å². The van der Waals surface area contributed by atoms with E-state index in [1.165, 1.54) is 5.56 Å². The highest BCUT2D eigenvalue weighted by Crippen LogP contribution is 2.31. The van der Waals surface area contributed by atoms with Gasteiger partial charge in [-0.3, -0.25) is 9.78 Å². The standard InChI is InChI=1S/C26H23NO2S/c28-24(12-11-21-4-3-14-27-17-21)16-20-7-9-22(10-8-20)18-29-26-6-2-1-5-25(26)23-13-15-30-19-23/h1-10,13-15,17,19H,11-12,16,18H2. The fourth-order valence-electron chi connectivity index (χ4n) is 3.31. The second kappa shape index (κ2) is 9.99. The predicted octanol–water partition coefficient (Wildman–Crippen LogP) is 6.13. The average Bonchev–Trinajstić information content (AvgIpc) is 3.33. The zero-order valence-corrected chi connectivity index (χ0v) is 17.5. The Morgan fingerprint density at radius 1 is 0.900 bits per heavy atom. The molecule has 4 heteroatoms. The number of pyridine rings is 1. The Balaban J connectivity index is 1.31. The van der Waals surface area contributed by atoms with E-state index in [-0.39, 0.29) is 5.78 Å². The van der Waals surface area contributed by atoms with E-state index in [1.807, 2.05) is 60.8 Å². The lowest BCUT2D eigenvalue weighted by atomic mass is 10.0. The van der Waals surface area contributed by atoms with E-state index in [9.17, 15) is 4.79 Å². The maximum absolute atomic E-state index is 12.3. The molecule has 0 bridgehead atoms. The van der Waals surface area contributed by atoms with Crippen molar-refractivity contribution >= 4 is 17.1 Å². The minimum absolute atomic E-state index is 0.243. The highest BCUT2D eigenvalue weighted by atomic mass is 32.1. The van der Waals surface area contributed by atoms with E-state index in [2.05, 4.69) is 27.9 Å². The van der Waals surface area contributed by atoms with E-state index in [4.69, 9.17) is 4.74 Å². The van der Waals surface area contributed by atoms with Gasteiger partial charge >= 0.3 is 0 Å². The molecule has 3 nitrogen and oxygen atoms in total. The molecule has 2 heterocycles. The van der Waals surface area contributed by atoms with E-state index >= 15 is 0 Å². The number of rotatable bonds is 9. The van der Waals surface area contributed by atoms with Gasteiger partial charge in [0, 0.05) is 30.8 Å². The van der Waals surface area contributed by atoms with Crippen molar-refractivity contribution in [1.82, 2.24) is 4.98 Å². The summed E-state index contributed by atoms with van der Waals surface area (Å²) in [5.41, 5.74) is 5.50. The van der Waals surface area contributed by atoms with Gasteiger partial charge in [-0.25, -0.2) is 0 Å². The lowest BCUT2D eigenvalue weighted by molar-refractivity contribution is -0.118. The Labute approximate surface area is 181 Å². The molecular formula is C26H23NO2S. The van der Waals surface area contributed by atoms with Gasteiger partial charge in [0.05, 0.1) is 0 Å². The number of Topliss-reactive ketones (excluding diaryl/α,β-unsaturated/α-hetero) is 1. The second-order valence-corrected chi connectivity index (χ2v) is 7.97. The molecule has 4 rings (SSSR count). The van der Waals surface area contributed by atoms with Crippen LogP contribution in [-0.4, -0.2) is 10.8 Å². The van der Waals surface area contributed by atoms with Gasteiger partial charge in [-0.05, 0) is 57.6 Å². The number of hydrogen-bond donors (Lipinski definition) is 0. The first-order valence-corrected chi connectivity index (χ1v) is 10.9. The summed E-state index contributed by atoms with van der Waals surface area (Å²) in [6.45, 7) is 0.496. The Morgan fingerprint density at radius 3 is 2.50 bits per heavy atom. The van der Waals surface area contributed by atoms with Crippen molar-refractivity contribution in [3.8, 4) is 16.9 Å². The Hall–Kier alpha value is -3.24. The number of aryl methyl sites for hydroxylation is 1. The number of carbonyl (C=O) groups is 1. The van der Waals surface area contributed by atoms with Gasteiger partial charge in [0.1, 0.15) is 18.1 Å². The SMILES string of the molecule is O=C(CCc1cccnc1)Cc1ccc(COc2ccccc2-c2ccsc2)cc1. The fourth-order valence-corrected chi connectivity index (χ4v) is 3.96. The topological polar surface area (TPSA) is 39.2 Å². The third-order valence-corrected chi connectivity index (χ3v) is 5.64. The van der Waals surface area contributed by atoms with Crippen LogP contribution < -0.4 is 4.74 Å². The van der Waals surface area contributed by atoms with Crippen LogP contribution in [0.4, 0.5) is 0 Å². The van der Waals surface area contributed by atoms with Gasteiger partial charge < -0.3 is 4.74 Å². The number of aromatic nitrogens is 1. The van der Waals surface area contributed by atoms with Crippen molar-refractivity contribution in [2.45, 2.75) is 25.9 Å². The molecule has 0 N–H and O–H groups in total. The van der Waals surface area contributed by atoms with Crippen LogP contribution in [-0.2, 0) is 24.2 Å². The van der Waals surface area contributed by atoms with E-state index in [1.54, 1.807) is 17.5 Å². The molecule has 0 radical (unpaired) electrons. The fraction of sp³-hybridized carbons (Fsp3) is 0.154. The van der Waals surface area contributed by atoms with Crippen molar-refractivity contribution in [3.63, 3.8) is 0 Å². The highest BCUT2D eigenvalue weighted by molar-refractivity contribution is 7.08. The maximum Gasteiger partial charge on any atom is 0.137 e. The molecule has 0 saturated heterocycles. The molecule has 2 aromatic heterocycles. The Kier molecular flexibility index (Phi) is 6.68. The van der Waals surface area contributed by atoms with Crippen molar-refractivity contribution in [2.75, 3.05) is 0 Å². The highest BCUT2D eigenvalue weighted by Gasteiger charge is 2.08. The molecule has 0 aliphatic heterocycles. The van der Waals surface area contributed by atoms with Crippen LogP contribution in [0.15, 0.2) is 89.9 Å². The summed E-state index contributed by atoms with van der Waals surface area (Å²) in [7, 11) is 0. The van der Waals surface area contributed by atoms with Gasteiger partial charge in [0.25, 0.3) is 0 Å². The second-order valence-electron chi connectivity index (χ2n) is 7.19. The number of benzene rings is 2. The smallest absolute Gasteiger partial charge is 0.137 e. The molecule has 0 atom stereocenters. The van der Waals surface area contributed by atoms with Crippen molar-refractivity contribution in [3.05, 3.63) is 107 Å². The summed E-state index contributed by atoms with van der Waals surface area (Å²) < 4.78 is 6.09. The van der Waals surface area contributed by atoms with E-state index in [0.29, 0.717) is 19.4 Å². The average molecular weight is 414 g/mol. The van der Waals surface area contributed by atoms with Crippen LogP contribution in [0.3, 0.4) is 0 Å². The molecule has 150 valence electrons. The summed E-state index contributed by atoms with van der Waals surface area (Å²) >= 11 is 1.68. The molecule has 30 heavy (non-hydrogen) atoms. The summed E-state index contributed by atoms with van der Waals surface area (Å²) in [5.74, 6) is 1.12. The van der Waals surface area contributed by atoms with Crippen LogP contribution in [0.1, 0.15) is 23.1 Å². The molecule has 0 amide bonds. The minimum atomic E-state index is 0.243. The lowest BCUT2D eigenvalue weighted by Gasteiger charge is -2.11. The largest absolute Gasteiger partial charge is 0.488 e.